The maximum atomic E-state index is 14.5. The van der Waals surface area contributed by atoms with Crippen LogP contribution in [-0.4, -0.2) is 111 Å². The van der Waals surface area contributed by atoms with Gasteiger partial charge in [0.2, 0.25) is 30.2 Å². The Balaban J connectivity index is 0.000000188. The molecule has 1 amide bonds. The molecule has 11 rings (SSSR count). The first-order valence-electron chi connectivity index (χ1n) is 28.0. The van der Waals surface area contributed by atoms with Crippen molar-refractivity contribution in [2.45, 2.75) is 180 Å². The molecule has 4 aromatic heterocycles. The van der Waals surface area contributed by atoms with E-state index in [0.717, 1.165) is 58.0 Å². The molecule has 3 unspecified atom stereocenters. The van der Waals surface area contributed by atoms with Gasteiger partial charge < -0.3 is 41.1 Å². The number of hydrogen-bond donors (Lipinski definition) is 6. The van der Waals surface area contributed by atoms with Gasteiger partial charge >= 0.3 is 0 Å². The third-order valence-electron chi connectivity index (χ3n) is 14.6. The summed E-state index contributed by atoms with van der Waals surface area (Å²) in [5.74, 6) is -4.69. The van der Waals surface area contributed by atoms with Gasteiger partial charge in [0.15, 0.2) is 34.6 Å². The van der Waals surface area contributed by atoms with Crippen LogP contribution in [0, 0.1) is 40.8 Å². The van der Waals surface area contributed by atoms with Crippen LogP contribution in [-0.2, 0) is 9.53 Å². The highest BCUT2D eigenvalue weighted by molar-refractivity contribution is 5.78. The normalized spacial score (nSPS) is 19.6. The molecule has 6 aromatic rings. The predicted molar refractivity (Wildman–Crippen MR) is 294 cm³/mol. The fraction of sp³-hybridized carbons (Fsp3) is 0.589. The number of carbonyl (C=O) groups excluding carboxylic acids is 1. The third kappa shape index (κ3) is 16.2. The Kier molecular flexibility index (Phi) is 21.5. The number of nitrogens with zero attached hydrogens (tertiary/aromatic N) is 9. The average Bonchev–Trinajstić information content (AvgIpc) is 4.40. The monoisotopic (exact) mass is 1110 g/mol. The van der Waals surface area contributed by atoms with E-state index in [2.05, 4.69) is 46.2 Å². The molecule has 5 fully saturated rings. The minimum Gasteiger partial charge on any atom is -0.394 e. The first kappa shape index (κ1) is 60.3. The number of carbonyl (C=O) groups is 1. The van der Waals surface area contributed by atoms with E-state index in [0.29, 0.717) is 96.6 Å². The van der Waals surface area contributed by atoms with E-state index < -0.39 is 51.9 Å². The zero-order valence-electron chi connectivity index (χ0n) is 46.2. The standard InChI is InChI=1S/C25H31F3N6O.C21H23F3N6O.C5H9NO.C3H8O.C2H6/c1-25(2,35)14-8-9-17(10-14)34-22-20(13-29-23(33-22)30-16-6-4-3-5-7-16)31-24(34)32-21-18(27)11-15(26)12-19(21)28;22-12-8-15(23)18(16(24)9-12)28-21-27-17-10-25-20(26-13-4-2-1-3-5-13)29-19(17)30(21)14-6-7-31-11-14;7-5-6-3-1-2-4-6;1-3(2)4;1-2/h11-14,16-17,35H,3-10H2,1-2H3,(H,31,32)(H,29,30,33);8-10,13-14H,1-7,11H2,(H,27,28)(H,25,26,29);5H,1-4H2;3-4H,1-2H3;1-2H3. The molecule has 3 aliphatic carbocycles. The van der Waals surface area contributed by atoms with Crippen molar-refractivity contribution < 1.29 is 46.1 Å². The largest absolute Gasteiger partial charge is 0.394 e. The number of aliphatic hydroxyl groups excluding tert-OH is 1. The van der Waals surface area contributed by atoms with Crippen molar-refractivity contribution in [1.29, 1.82) is 0 Å². The van der Waals surface area contributed by atoms with Crippen LogP contribution in [0.5, 0.6) is 0 Å². The molecule has 2 aromatic carbocycles. The van der Waals surface area contributed by atoms with E-state index in [1.807, 2.05) is 18.4 Å². The fourth-order valence-electron chi connectivity index (χ4n) is 10.6. The number of amides is 1. The second-order valence-electron chi connectivity index (χ2n) is 21.4. The summed E-state index contributed by atoms with van der Waals surface area (Å²) in [4.78, 5) is 39.0. The summed E-state index contributed by atoms with van der Waals surface area (Å²) in [7, 11) is 0. The van der Waals surface area contributed by atoms with Gasteiger partial charge in [-0.25, -0.2) is 46.3 Å². The van der Waals surface area contributed by atoms with Crippen LogP contribution in [0.2, 0.25) is 0 Å². The molecule has 2 saturated heterocycles. The van der Waals surface area contributed by atoms with Crippen molar-refractivity contribution in [3.63, 3.8) is 0 Å². The lowest BCUT2D eigenvalue weighted by Crippen LogP contribution is -2.29. The fourth-order valence-corrected chi connectivity index (χ4v) is 10.6. The average molecular weight is 1110 g/mol. The lowest BCUT2D eigenvalue weighted by Gasteiger charge is -2.26. The molecule has 6 heterocycles. The number of ether oxygens (including phenoxy) is 1. The lowest BCUT2D eigenvalue weighted by molar-refractivity contribution is -0.117. The SMILES string of the molecule is CC.CC(C)(O)C1CCC(n2c(Nc3c(F)cc(F)cc3F)nc3cnc(NC4CCCCC4)nc32)C1.CC(C)O.Fc1cc(F)c(Nc2nc3cnc(NC4CCCCC4)nc3n2C2CCOC2)c(F)c1.O=CN1CCCC1. The number of fused-ring (bicyclic) bond motifs is 2. The van der Waals surface area contributed by atoms with Gasteiger partial charge in [-0.2, -0.15) is 9.97 Å². The van der Waals surface area contributed by atoms with Crippen LogP contribution in [0.15, 0.2) is 36.7 Å². The number of anilines is 6. The molecule has 6 N–H and O–H groups in total. The number of likely N-dealkylation sites (tertiary alicyclic amines) is 1. The van der Waals surface area contributed by atoms with Gasteiger partial charge in [-0.1, -0.05) is 52.4 Å². The van der Waals surface area contributed by atoms with E-state index in [9.17, 15) is 36.2 Å². The smallest absolute Gasteiger partial charge is 0.224 e. The van der Waals surface area contributed by atoms with Crippen molar-refractivity contribution in [3.8, 4) is 0 Å². The molecular weight excluding hydrogens is 1030 g/mol. The first-order valence-corrected chi connectivity index (χ1v) is 28.0. The van der Waals surface area contributed by atoms with Crippen LogP contribution >= 0.6 is 0 Å². The van der Waals surface area contributed by atoms with Crippen LogP contribution < -0.4 is 21.3 Å². The van der Waals surface area contributed by atoms with Crippen molar-refractivity contribution in [2.75, 3.05) is 47.6 Å². The van der Waals surface area contributed by atoms with Crippen LogP contribution in [0.3, 0.4) is 0 Å². The van der Waals surface area contributed by atoms with Crippen molar-refractivity contribution in [3.05, 3.63) is 71.6 Å². The van der Waals surface area contributed by atoms with Gasteiger partial charge in [0.25, 0.3) is 0 Å². The molecule has 3 saturated carbocycles. The van der Waals surface area contributed by atoms with Gasteiger partial charge in [0.1, 0.15) is 34.0 Å². The third-order valence-corrected chi connectivity index (χ3v) is 14.6. The van der Waals surface area contributed by atoms with Gasteiger partial charge in [-0.15, -0.1) is 0 Å². The molecule has 5 aliphatic rings. The Bertz CT molecular complexity index is 2860. The molecule has 2 aliphatic heterocycles. The Morgan fingerprint density at radius 2 is 1.06 bits per heavy atom. The summed E-state index contributed by atoms with van der Waals surface area (Å²) in [6, 6.07) is 2.96. The molecule has 0 radical (unpaired) electrons. The number of hydrogen-bond acceptors (Lipinski definition) is 14. The number of aliphatic hydroxyl groups is 2. The number of halogens is 6. The molecule has 432 valence electrons. The molecule has 17 nitrogen and oxygen atoms in total. The van der Waals surface area contributed by atoms with Crippen molar-refractivity contribution >= 4 is 63.9 Å². The lowest BCUT2D eigenvalue weighted by atomic mass is 9.89. The van der Waals surface area contributed by atoms with Crippen LogP contribution in [0.25, 0.3) is 22.3 Å². The Labute approximate surface area is 457 Å². The van der Waals surface area contributed by atoms with E-state index in [1.54, 1.807) is 49.6 Å². The van der Waals surface area contributed by atoms with Crippen LogP contribution in [0.4, 0.5) is 61.5 Å². The minimum absolute atomic E-state index is 0.0544. The number of aromatic nitrogens is 8. The number of nitrogens with one attached hydrogen (secondary N) is 4. The zero-order valence-corrected chi connectivity index (χ0v) is 46.2. The molecule has 23 heteroatoms. The van der Waals surface area contributed by atoms with E-state index in [4.69, 9.17) is 14.8 Å². The highest BCUT2D eigenvalue weighted by Gasteiger charge is 2.37. The topological polar surface area (TPSA) is 205 Å². The summed E-state index contributed by atoms with van der Waals surface area (Å²) < 4.78 is 93.3. The number of rotatable bonds is 12. The quantitative estimate of drug-likeness (QED) is 0.0498. The Morgan fingerprint density at radius 3 is 1.43 bits per heavy atom. The first-order chi connectivity index (χ1) is 37.9. The summed E-state index contributed by atoms with van der Waals surface area (Å²) in [5.41, 5.74) is 0.275. The summed E-state index contributed by atoms with van der Waals surface area (Å²) in [5, 5.41) is 30.9. The second kappa shape index (κ2) is 28.2. The highest BCUT2D eigenvalue weighted by atomic mass is 19.2. The van der Waals surface area contributed by atoms with E-state index in [1.165, 1.54) is 51.4 Å². The zero-order chi connectivity index (χ0) is 56.8. The highest BCUT2D eigenvalue weighted by Crippen LogP contribution is 2.43. The molecule has 3 atom stereocenters. The second-order valence-corrected chi connectivity index (χ2v) is 21.4. The summed E-state index contributed by atoms with van der Waals surface area (Å²) >= 11 is 0. The Morgan fingerprint density at radius 1 is 0.633 bits per heavy atom. The maximum Gasteiger partial charge on any atom is 0.224 e. The van der Waals surface area contributed by atoms with Gasteiger partial charge in [0, 0.05) is 68.2 Å². The summed E-state index contributed by atoms with van der Waals surface area (Å²) in [6.07, 6.45) is 20.7. The maximum absolute atomic E-state index is 14.5. The molecule has 0 bridgehead atoms. The molecule has 0 spiro atoms. The molecule has 79 heavy (non-hydrogen) atoms. The van der Waals surface area contributed by atoms with Gasteiger partial charge in [0.05, 0.1) is 30.6 Å². The van der Waals surface area contributed by atoms with E-state index >= 15 is 0 Å². The predicted octanol–water partition coefficient (Wildman–Crippen LogP) is 12.2. The number of imidazole rings is 2. The summed E-state index contributed by atoms with van der Waals surface area (Å²) in [6.45, 7) is 14.0. The van der Waals surface area contributed by atoms with E-state index in [-0.39, 0.29) is 36.0 Å². The van der Waals surface area contributed by atoms with Gasteiger partial charge in [-0.3, -0.25) is 13.9 Å². The van der Waals surface area contributed by atoms with Crippen LogP contribution in [0.1, 0.15) is 156 Å². The van der Waals surface area contributed by atoms with Crippen molar-refractivity contribution in [2.24, 2.45) is 5.92 Å². The number of benzene rings is 2. The Hall–Kier alpha value is -6.33. The van der Waals surface area contributed by atoms with Crippen molar-refractivity contribution in [1.82, 2.24) is 43.9 Å². The minimum atomic E-state index is -1.05. The van der Waals surface area contributed by atoms with Gasteiger partial charge in [-0.05, 0) is 97.8 Å². The molecular formula is C56H77F6N13O4.